The Balaban J connectivity index is 2.95. The monoisotopic (exact) mass is 222 g/mol. The SMILES string of the molecule is C#Cc1cc(C(=C)/C=C\C=C(C)C)ccc1C. The molecule has 1 aromatic carbocycles. The number of hydrogen-bond donors (Lipinski definition) is 0. The average Bonchev–Trinajstić information content (AvgIpc) is 2.29. The largest absolute Gasteiger partial charge is 0.115 e. The highest BCUT2D eigenvalue weighted by molar-refractivity contribution is 5.73. The van der Waals surface area contributed by atoms with Gasteiger partial charge in [-0.1, -0.05) is 48.4 Å². The standard InChI is InChI=1S/C17H18/c1-6-16-12-17(11-10-15(16)5)14(4)9-7-8-13(2)3/h1,7-12H,4H2,2-3,5H3/b9-7-. The highest BCUT2D eigenvalue weighted by Crippen LogP contribution is 2.18. The Morgan fingerprint density at radius 1 is 1.35 bits per heavy atom. The molecule has 0 saturated carbocycles. The summed E-state index contributed by atoms with van der Waals surface area (Å²) in [5.74, 6) is 2.69. The first-order valence-electron chi connectivity index (χ1n) is 5.62. The van der Waals surface area contributed by atoms with Crippen molar-refractivity contribution in [3.8, 4) is 12.3 Å². The Kier molecular flexibility index (Phi) is 4.55. The topological polar surface area (TPSA) is 0 Å². The molecule has 0 N–H and O–H groups in total. The minimum Gasteiger partial charge on any atom is -0.115 e. The maximum Gasteiger partial charge on any atom is 0.0277 e. The van der Waals surface area contributed by atoms with Gasteiger partial charge in [0.25, 0.3) is 0 Å². The molecule has 0 amide bonds. The molecule has 0 aromatic heterocycles. The highest BCUT2D eigenvalue weighted by Gasteiger charge is 1.99. The highest BCUT2D eigenvalue weighted by atomic mass is 14.0. The van der Waals surface area contributed by atoms with Gasteiger partial charge in [-0.25, -0.2) is 0 Å². The van der Waals surface area contributed by atoms with Crippen LogP contribution in [0.1, 0.15) is 30.5 Å². The van der Waals surface area contributed by atoms with Crippen LogP contribution >= 0.6 is 0 Å². The lowest BCUT2D eigenvalue weighted by Gasteiger charge is -2.04. The Morgan fingerprint density at radius 3 is 2.65 bits per heavy atom. The van der Waals surface area contributed by atoms with E-state index in [1.165, 1.54) is 5.57 Å². The van der Waals surface area contributed by atoms with E-state index in [4.69, 9.17) is 6.42 Å². The van der Waals surface area contributed by atoms with Gasteiger partial charge in [-0.3, -0.25) is 0 Å². The molecular weight excluding hydrogens is 204 g/mol. The smallest absolute Gasteiger partial charge is 0.0277 e. The molecule has 0 heteroatoms. The Morgan fingerprint density at radius 2 is 2.06 bits per heavy atom. The van der Waals surface area contributed by atoms with E-state index in [9.17, 15) is 0 Å². The summed E-state index contributed by atoms with van der Waals surface area (Å²) in [6.07, 6.45) is 11.5. The van der Waals surface area contributed by atoms with Crippen LogP contribution in [0, 0.1) is 19.3 Å². The van der Waals surface area contributed by atoms with Gasteiger partial charge in [0, 0.05) is 5.56 Å². The van der Waals surface area contributed by atoms with Crippen molar-refractivity contribution >= 4 is 5.57 Å². The van der Waals surface area contributed by atoms with Crippen molar-refractivity contribution in [3.05, 3.63) is 65.3 Å². The summed E-state index contributed by atoms with van der Waals surface area (Å²) in [7, 11) is 0. The van der Waals surface area contributed by atoms with Crippen molar-refractivity contribution < 1.29 is 0 Å². The summed E-state index contributed by atoms with van der Waals surface area (Å²) < 4.78 is 0. The van der Waals surface area contributed by atoms with Crippen molar-refractivity contribution in [2.24, 2.45) is 0 Å². The van der Waals surface area contributed by atoms with Crippen LogP contribution < -0.4 is 0 Å². The predicted octanol–water partition coefficient (Wildman–Crippen LogP) is 4.51. The molecule has 17 heavy (non-hydrogen) atoms. The fraction of sp³-hybridized carbons (Fsp3) is 0.176. The fourth-order valence-corrected chi connectivity index (χ4v) is 1.43. The van der Waals surface area contributed by atoms with Crippen LogP contribution in [0.25, 0.3) is 5.57 Å². The van der Waals surface area contributed by atoms with Gasteiger partial charge in [0.05, 0.1) is 0 Å². The van der Waals surface area contributed by atoms with E-state index in [2.05, 4.69) is 32.4 Å². The van der Waals surface area contributed by atoms with E-state index in [-0.39, 0.29) is 0 Å². The van der Waals surface area contributed by atoms with E-state index in [1.807, 2.05) is 37.3 Å². The lowest BCUT2D eigenvalue weighted by molar-refractivity contribution is 1.39. The summed E-state index contributed by atoms with van der Waals surface area (Å²) in [4.78, 5) is 0. The second kappa shape index (κ2) is 5.92. The minimum atomic E-state index is 0.930. The van der Waals surface area contributed by atoms with Crippen LogP contribution in [0.15, 0.2) is 48.6 Å². The van der Waals surface area contributed by atoms with E-state index >= 15 is 0 Å². The quantitative estimate of drug-likeness (QED) is 0.521. The molecule has 0 nitrogen and oxygen atoms in total. The molecule has 0 fully saturated rings. The van der Waals surface area contributed by atoms with E-state index in [1.54, 1.807) is 0 Å². The number of aryl methyl sites for hydroxylation is 1. The second-order valence-electron chi connectivity index (χ2n) is 4.30. The van der Waals surface area contributed by atoms with Gasteiger partial charge < -0.3 is 0 Å². The number of terminal acetylenes is 1. The number of rotatable bonds is 3. The molecule has 0 aliphatic rings. The first kappa shape index (κ1) is 13.1. The van der Waals surface area contributed by atoms with Crippen molar-refractivity contribution in [2.45, 2.75) is 20.8 Å². The van der Waals surface area contributed by atoms with Crippen LogP contribution in [-0.2, 0) is 0 Å². The van der Waals surface area contributed by atoms with Crippen LogP contribution in [0.3, 0.4) is 0 Å². The molecule has 0 saturated heterocycles. The summed E-state index contributed by atoms with van der Waals surface area (Å²) in [5.41, 5.74) is 5.36. The summed E-state index contributed by atoms with van der Waals surface area (Å²) in [6.45, 7) is 10.2. The third-order valence-electron chi connectivity index (χ3n) is 2.49. The van der Waals surface area contributed by atoms with Gasteiger partial charge >= 0.3 is 0 Å². The molecule has 0 heterocycles. The van der Waals surface area contributed by atoms with Gasteiger partial charge in [-0.2, -0.15) is 0 Å². The zero-order valence-corrected chi connectivity index (χ0v) is 10.7. The third kappa shape index (κ3) is 3.81. The van der Waals surface area contributed by atoms with E-state index in [0.29, 0.717) is 0 Å². The summed E-state index contributed by atoms with van der Waals surface area (Å²) in [6, 6.07) is 6.08. The number of hydrogen-bond acceptors (Lipinski definition) is 0. The van der Waals surface area contributed by atoms with Crippen LogP contribution in [0.4, 0.5) is 0 Å². The van der Waals surface area contributed by atoms with Crippen LogP contribution in [0.2, 0.25) is 0 Å². The number of allylic oxidation sites excluding steroid dienone is 5. The molecular formula is C17H18. The maximum absolute atomic E-state index is 5.45. The van der Waals surface area contributed by atoms with Crippen molar-refractivity contribution in [1.82, 2.24) is 0 Å². The first-order chi connectivity index (χ1) is 8.04. The molecule has 86 valence electrons. The Bertz CT molecular complexity index is 515. The lowest BCUT2D eigenvalue weighted by Crippen LogP contribution is -1.86. The van der Waals surface area contributed by atoms with Gasteiger partial charge in [0.1, 0.15) is 0 Å². The van der Waals surface area contributed by atoms with Crippen molar-refractivity contribution in [1.29, 1.82) is 0 Å². The molecule has 0 bridgehead atoms. The third-order valence-corrected chi connectivity index (χ3v) is 2.49. The molecule has 0 aliphatic carbocycles. The molecule has 0 aliphatic heterocycles. The normalized spacial score (nSPS) is 10.0. The summed E-state index contributed by atoms with van der Waals surface area (Å²) in [5, 5.41) is 0. The van der Waals surface area contributed by atoms with Gasteiger partial charge in [-0.05, 0) is 43.5 Å². The zero-order chi connectivity index (χ0) is 12.8. The van der Waals surface area contributed by atoms with Gasteiger partial charge in [0.2, 0.25) is 0 Å². The Hall–Kier alpha value is -2.00. The summed E-state index contributed by atoms with van der Waals surface area (Å²) >= 11 is 0. The zero-order valence-electron chi connectivity index (χ0n) is 10.7. The van der Waals surface area contributed by atoms with Crippen LogP contribution in [-0.4, -0.2) is 0 Å². The minimum absolute atomic E-state index is 0.930. The van der Waals surface area contributed by atoms with Crippen LogP contribution in [0.5, 0.6) is 0 Å². The maximum atomic E-state index is 5.45. The van der Waals surface area contributed by atoms with Crippen molar-refractivity contribution in [2.75, 3.05) is 0 Å². The fourth-order valence-electron chi connectivity index (χ4n) is 1.43. The average molecular weight is 222 g/mol. The molecule has 0 spiro atoms. The van der Waals surface area contributed by atoms with Gasteiger partial charge in [0.15, 0.2) is 0 Å². The predicted molar refractivity (Wildman–Crippen MR) is 76.7 cm³/mol. The molecule has 0 unspecified atom stereocenters. The van der Waals surface area contributed by atoms with Gasteiger partial charge in [-0.15, -0.1) is 6.42 Å². The lowest BCUT2D eigenvalue weighted by atomic mass is 10.0. The van der Waals surface area contributed by atoms with E-state index < -0.39 is 0 Å². The number of benzene rings is 1. The Labute approximate surface area is 104 Å². The van der Waals surface area contributed by atoms with Crippen molar-refractivity contribution in [3.63, 3.8) is 0 Å². The second-order valence-corrected chi connectivity index (χ2v) is 4.30. The first-order valence-corrected chi connectivity index (χ1v) is 5.62. The molecule has 0 atom stereocenters. The molecule has 1 aromatic rings. The van der Waals surface area contributed by atoms with E-state index in [0.717, 1.165) is 22.3 Å². The molecule has 0 radical (unpaired) electrons. The molecule has 1 rings (SSSR count).